The lowest BCUT2D eigenvalue weighted by molar-refractivity contribution is 0.0865. The highest BCUT2D eigenvalue weighted by Gasteiger charge is 2.11. The zero-order valence-electron chi connectivity index (χ0n) is 11.5. The number of nitrogens with one attached hydrogen (secondary N) is 1. The quantitative estimate of drug-likeness (QED) is 0.803. The molecule has 3 N–H and O–H groups in total. The molecule has 0 radical (unpaired) electrons. The summed E-state index contributed by atoms with van der Waals surface area (Å²) in [5.74, 6) is -0.225. The Balaban J connectivity index is 2.07. The monoisotopic (exact) mass is 274 g/mol. The number of carbonyl (C=O) groups is 1. The van der Waals surface area contributed by atoms with Crippen molar-refractivity contribution in [2.45, 2.75) is 13.0 Å². The maximum Gasteiger partial charge on any atom is 0.271 e. The van der Waals surface area contributed by atoms with Crippen molar-refractivity contribution < 1.29 is 9.53 Å². The van der Waals surface area contributed by atoms with E-state index in [0.29, 0.717) is 17.9 Å². The van der Waals surface area contributed by atoms with Crippen molar-refractivity contribution in [1.29, 1.82) is 0 Å². The number of methoxy groups -OCH3 is 1. The highest BCUT2D eigenvalue weighted by Crippen LogP contribution is 2.11. The van der Waals surface area contributed by atoms with Crippen LogP contribution in [-0.2, 0) is 4.74 Å². The maximum absolute atomic E-state index is 11.9. The first-order chi connectivity index (χ1) is 9.60. The normalized spacial score (nSPS) is 12.1. The average Bonchev–Trinajstić information content (AvgIpc) is 2.94. The Bertz CT molecular complexity index is 594. The van der Waals surface area contributed by atoms with Crippen LogP contribution in [0.2, 0.25) is 0 Å². The minimum Gasteiger partial charge on any atom is -0.399 e. The molecule has 20 heavy (non-hydrogen) atoms. The van der Waals surface area contributed by atoms with Crippen LogP contribution in [0.1, 0.15) is 17.4 Å². The zero-order valence-corrected chi connectivity index (χ0v) is 11.5. The Morgan fingerprint density at radius 1 is 1.50 bits per heavy atom. The molecule has 1 heterocycles. The Labute approximate surface area is 117 Å². The zero-order chi connectivity index (χ0) is 14.5. The van der Waals surface area contributed by atoms with E-state index in [4.69, 9.17) is 10.5 Å². The molecule has 2 aromatic rings. The van der Waals surface area contributed by atoms with Crippen molar-refractivity contribution in [3.05, 3.63) is 42.2 Å². The predicted octanol–water partition coefficient (Wildman–Crippen LogP) is 1.22. The van der Waals surface area contributed by atoms with Gasteiger partial charge in [-0.25, -0.2) is 4.68 Å². The molecule has 2 rings (SSSR count). The number of nitrogen functional groups attached to an aromatic ring is 1. The molecule has 0 saturated carbocycles. The largest absolute Gasteiger partial charge is 0.399 e. The third-order valence-corrected chi connectivity index (χ3v) is 2.91. The number of anilines is 1. The van der Waals surface area contributed by atoms with E-state index in [1.807, 2.05) is 19.1 Å². The van der Waals surface area contributed by atoms with Gasteiger partial charge in [0, 0.05) is 25.5 Å². The van der Waals surface area contributed by atoms with E-state index >= 15 is 0 Å². The fourth-order valence-electron chi connectivity index (χ4n) is 1.67. The highest BCUT2D eigenvalue weighted by molar-refractivity contribution is 5.92. The number of carbonyl (C=O) groups excluding carboxylic acids is 1. The third-order valence-electron chi connectivity index (χ3n) is 2.91. The summed E-state index contributed by atoms with van der Waals surface area (Å²) in [5.41, 5.74) is 7.55. The minimum absolute atomic E-state index is 0.0324. The number of hydrogen-bond acceptors (Lipinski definition) is 4. The summed E-state index contributed by atoms with van der Waals surface area (Å²) in [6.07, 6.45) is 1.69. The summed E-state index contributed by atoms with van der Waals surface area (Å²) in [7, 11) is 1.60. The van der Waals surface area contributed by atoms with E-state index in [0.717, 1.165) is 5.69 Å². The standard InChI is InChI=1S/C14H18N4O2/c1-10(20-2)9-16-14(19)13-6-7-18(17-13)12-5-3-4-11(15)8-12/h3-8,10H,9,15H2,1-2H3,(H,16,19). The van der Waals surface area contributed by atoms with Gasteiger partial charge in [0.1, 0.15) is 0 Å². The highest BCUT2D eigenvalue weighted by atomic mass is 16.5. The van der Waals surface area contributed by atoms with Crippen molar-refractivity contribution in [2.75, 3.05) is 19.4 Å². The van der Waals surface area contributed by atoms with Gasteiger partial charge in [-0.2, -0.15) is 5.10 Å². The molecule has 1 atom stereocenters. The molecular weight excluding hydrogens is 256 g/mol. The molecule has 0 aliphatic rings. The van der Waals surface area contributed by atoms with Gasteiger partial charge >= 0.3 is 0 Å². The van der Waals surface area contributed by atoms with Crippen LogP contribution in [0.3, 0.4) is 0 Å². The van der Waals surface area contributed by atoms with Gasteiger partial charge in [-0.15, -0.1) is 0 Å². The van der Waals surface area contributed by atoms with Gasteiger partial charge in [0.15, 0.2) is 5.69 Å². The van der Waals surface area contributed by atoms with E-state index in [-0.39, 0.29) is 12.0 Å². The van der Waals surface area contributed by atoms with Crippen LogP contribution in [-0.4, -0.2) is 35.4 Å². The van der Waals surface area contributed by atoms with Gasteiger partial charge in [0.25, 0.3) is 5.91 Å². The van der Waals surface area contributed by atoms with E-state index in [1.54, 1.807) is 36.2 Å². The molecule has 1 amide bonds. The molecule has 6 nitrogen and oxygen atoms in total. The first-order valence-electron chi connectivity index (χ1n) is 6.32. The summed E-state index contributed by atoms with van der Waals surface area (Å²) >= 11 is 0. The molecule has 0 aliphatic carbocycles. The van der Waals surface area contributed by atoms with Crippen LogP contribution in [0.4, 0.5) is 5.69 Å². The number of rotatable bonds is 5. The molecule has 0 bridgehead atoms. The fourth-order valence-corrected chi connectivity index (χ4v) is 1.67. The smallest absolute Gasteiger partial charge is 0.271 e. The fraction of sp³-hybridized carbons (Fsp3) is 0.286. The molecule has 6 heteroatoms. The van der Waals surface area contributed by atoms with Gasteiger partial charge in [-0.05, 0) is 31.2 Å². The van der Waals surface area contributed by atoms with Gasteiger partial charge in [-0.1, -0.05) is 6.07 Å². The Hall–Kier alpha value is -2.34. The summed E-state index contributed by atoms with van der Waals surface area (Å²) in [4.78, 5) is 11.9. The van der Waals surface area contributed by atoms with Crippen LogP contribution in [0.5, 0.6) is 0 Å². The molecule has 0 fully saturated rings. The molecule has 0 spiro atoms. The lowest BCUT2D eigenvalue weighted by Crippen LogP contribution is -2.31. The van der Waals surface area contributed by atoms with Crippen molar-refractivity contribution in [3.8, 4) is 5.69 Å². The second-order valence-electron chi connectivity index (χ2n) is 4.50. The average molecular weight is 274 g/mol. The Morgan fingerprint density at radius 2 is 2.30 bits per heavy atom. The van der Waals surface area contributed by atoms with E-state index < -0.39 is 0 Å². The lowest BCUT2D eigenvalue weighted by Gasteiger charge is -2.09. The molecule has 0 saturated heterocycles. The Kier molecular flexibility index (Phi) is 4.37. The molecule has 1 aromatic carbocycles. The van der Waals surface area contributed by atoms with Crippen LogP contribution in [0.15, 0.2) is 36.5 Å². The van der Waals surface area contributed by atoms with E-state index in [2.05, 4.69) is 10.4 Å². The number of benzene rings is 1. The van der Waals surface area contributed by atoms with Crippen molar-refractivity contribution in [2.24, 2.45) is 0 Å². The SMILES string of the molecule is COC(C)CNC(=O)c1ccn(-c2cccc(N)c2)n1. The number of aromatic nitrogens is 2. The van der Waals surface area contributed by atoms with Gasteiger partial charge in [0.2, 0.25) is 0 Å². The summed E-state index contributed by atoms with van der Waals surface area (Å²) in [5, 5.41) is 6.99. The van der Waals surface area contributed by atoms with E-state index in [9.17, 15) is 4.79 Å². The van der Waals surface area contributed by atoms with Crippen molar-refractivity contribution in [3.63, 3.8) is 0 Å². The third kappa shape index (κ3) is 3.36. The molecular formula is C14H18N4O2. The molecule has 1 aromatic heterocycles. The lowest BCUT2D eigenvalue weighted by atomic mass is 10.3. The number of ether oxygens (including phenoxy) is 1. The van der Waals surface area contributed by atoms with Crippen LogP contribution in [0, 0.1) is 0 Å². The first kappa shape index (κ1) is 14.1. The molecule has 0 aliphatic heterocycles. The van der Waals surface area contributed by atoms with E-state index in [1.165, 1.54) is 0 Å². The summed E-state index contributed by atoms with van der Waals surface area (Å²) in [6, 6.07) is 8.97. The maximum atomic E-state index is 11.9. The first-order valence-corrected chi connectivity index (χ1v) is 6.32. The van der Waals surface area contributed by atoms with Gasteiger partial charge < -0.3 is 15.8 Å². The Morgan fingerprint density at radius 3 is 3.00 bits per heavy atom. The number of hydrogen-bond donors (Lipinski definition) is 2. The van der Waals surface area contributed by atoms with Gasteiger partial charge in [0.05, 0.1) is 11.8 Å². The predicted molar refractivity (Wildman–Crippen MR) is 76.8 cm³/mol. The van der Waals surface area contributed by atoms with Crippen molar-refractivity contribution >= 4 is 11.6 Å². The number of nitrogens with two attached hydrogens (primary N) is 1. The molecule has 106 valence electrons. The second kappa shape index (κ2) is 6.21. The second-order valence-corrected chi connectivity index (χ2v) is 4.50. The summed E-state index contributed by atoms with van der Waals surface area (Å²) in [6.45, 7) is 2.33. The van der Waals surface area contributed by atoms with Crippen LogP contribution >= 0.6 is 0 Å². The van der Waals surface area contributed by atoms with Crippen molar-refractivity contribution in [1.82, 2.24) is 15.1 Å². The summed E-state index contributed by atoms with van der Waals surface area (Å²) < 4.78 is 6.69. The topological polar surface area (TPSA) is 82.2 Å². The number of nitrogens with zero attached hydrogens (tertiary/aromatic N) is 2. The minimum atomic E-state index is -0.225. The van der Waals surface area contributed by atoms with Crippen LogP contribution in [0.25, 0.3) is 5.69 Å². The number of amides is 1. The molecule has 1 unspecified atom stereocenters. The van der Waals surface area contributed by atoms with Crippen LogP contribution < -0.4 is 11.1 Å². The van der Waals surface area contributed by atoms with Gasteiger partial charge in [-0.3, -0.25) is 4.79 Å².